The lowest BCUT2D eigenvalue weighted by Crippen LogP contribution is -2.26. The second-order valence-corrected chi connectivity index (χ2v) is 6.12. The van der Waals surface area contributed by atoms with E-state index in [9.17, 15) is 8.78 Å². The molecule has 0 spiro atoms. The van der Waals surface area contributed by atoms with E-state index in [1.165, 1.54) is 19.5 Å². The molecule has 3 nitrogen and oxygen atoms in total. The topological polar surface area (TPSA) is 24.5 Å². The van der Waals surface area contributed by atoms with E-state index in [2.05, 4.69) is 21.9 Å². The molecule has 1 atom stereocenters. The van der Waals surface area contributed by atoms with Crippen LogP contribution in [0.4, 0.5) is 8.78 Å². The van der Waals surface area contributed by atoms with Crippen molar-refractivity contribution >= 4 is 0 Å². The van der Waals surface area contributed by atoms with E-state index in [-0.39, 0.29) is 0 Å². The molecule has 1 aromatic rings. The molecule has 0 aliphatic carbocycles. The van der Waals surface area contributed by atoms with E-state index in [0.717, 1.165) is 36.3 Å². The minimum absolute atomic E-state index is 0.299. The van der Waals surface area contributed by atoms with Crippen molar-refractivity contribution in [3.05, 3.63) is 28.8 Å². The highest BCUT2D eigenvalue weighted by atomic mass is 19.3. The van der Waals surface area contributed by atoms with Crippen LogP contribution in [0.25, 0.3) is 0 Å². The molecule has 0 radical (unpaired) electrons. The normalized spacial score (nSPS) is 19.1. The first kappa shape index (κ1) is 17.2. The minimum Gasteiger partial charge on any atom is -0.434 e. The maximum Gasteiger partial charge on any atom is 0.387 e. The van der Waals surface area contributed by atoms with E-state index < -0.39 is 6.61 Å². The third kappa shape index (κ3) is 4.65. The van der Waals surface area contributed by atoms with E-state index >= 15 is 0 Å². The molecule has 1 unspecified atom stereocenters. The summed E-state index contributed by atoms with van der Waals surface area (Å²) in [5, 5.41) is 3.49. The monoisotopic (exact) mass is 312 g/mol. The molecule has 1 N–H and O–H groups in total. The summed E-state index contributed by atoms with van der Waals surface area (Å²) in [5.41, 5.74) is 2.63. The van der Waals surface area contributed by atoms with Gasteiger partial charge in [0.25, 0.3) is 0 Å². The van der Waals surface area contributed by atoms with Crippen molar-refractivity contribution in [2.24, 2.45) is 5.92 Å². The number of rotatable bonds is 7. The zero-order valence-corrected chi connectivity index (χ0v) is 13.7. The lowest BCUT2D eigenvalue weighted by molar-refractivity contribution is -0.0507. The Kier molecular flexibility index (Phi) is 6.15. The summed E-state index contributed by atoms with van der Waals surface area (Å²) in [7, 11) is 0. The van der Waals surface area contributed by atoms with Crippen LogP contribution < -0.4 is 10.1 Å². The van der Waals surface area contributed by atoms with E-state index in [4.69, 9.17) is 0 Å². The first-order valence-corrected chi connectivity index (χ1v) is 7.97. The van der Waals surface area contributed by atoms with Gasteiger partial charge >= 0.3 is 6.61 Å². The average molecular weight is 312 g/mol. The second kappa shape index (κ2) is 7.88. The van der Waals surface area contributed by atoms with Crippen molar-refractivity contribution in [1.82, 2.24) is 10.2 Å². The van der Waals surface area contributed by atoms with Crippen molar-refractivity contribution in [3.8, 4) is 5.75 Å². The molecule has 0 bridgehead atoms. The molecule has 1 heterocycles. The van der Waals surface area contributed by atoms with Crippen LogP contribution in [0.5, 0.6) is 5.75 Å². The number of ether oxygens (including phenoxy) is 1. The third-order valence-corrected chi connectivity index (χ3v) is 4.31. The first-order chi connectivity index (χ1) is 10.5. The van der Waals surface area contributed by atoms with Crippen LogP contribution in [0.1, 0.15) is 30.0 Å². The standard InChI is InChI=1S/C17H26F2N2O/c1-4-21-6-5-14(11-21)9-20-10-15-7-12(2)16(13(3)8-15)22-17(18)19/h7-8,14,17,20H,4-6,9-11H2,1-3H3. The van der Waals surface area contributed by atoms with Gasteiger partial charge in [0.2, 0.25) is 0 Å². The van der Waals surface area contributed by atoms with Gasteiger partial charge in [-0.25, -0.2) is 0 Å². The number of nitrogens with one attached hydrogen (secondary N) is 1. The molecule has 1 fully saturated rings. The Labute approximate surface area is 131 Å². The van der Waals surface area contributed by atoms with Crippen LogP contribution in [0, 0.1) is 19.8 Å². The zero-order chi connectivity index (χ0) is 16.1. The number of likely N-dealkylation sites (tertiary alicyclic amines) is 1. The highest BCUT2D eigenvalue weighted by Crippen LogP contribution is 2.26. The maximum atomic E-state index is 12.4. The summed E-state index contributed by atoms with van der Waals surface area (Å²) in [5.74, 6) is 1.01. The van der Waals surface area contributed by atoms with Crippen LogP contribution in [-0.4, -0.2) is 37.7 Å². The van der Waals surface area contributed by atoms with Gasteiger partial charge in [0.15, 0.2) is 0 Å². The summed E-state index contributed by atoms with van der Waals surface area (Å²) in [6.07, 6.45) is 1.25. The Morgan fingerprint density at radius 1 is 1.32 bits per heavy atom. The fourth-order valence-corrected chi connectivity index (χ4v) is 3.20. The number of alkyl halides is 2. The van der Waals surface area contributed by atoms with E-state index in [0.29, 0.717) is 11.7 Å². The molecule has 0 aromatic heterocycles. The Morgan fingerprint density at radius 3 is 2.55 bits per heavy atom. The summed E-state index contributed by atoms with van der Waals surface area (Å²) in [6, 6.07) is 3.84. The van der Waals surface area contributed by atoms with Crippen molar-refractivity contribution in [3.63, 3.8) is 0 Å². The van der Waals surface area contributed by atoms with Gasteiger partial charge in [0.05, 0.1) is 0 Å². The molecule has 1 saturated heterocycles. The van der Waals surface area contributed by atoms with Gasteiger partial charge in [-0.15, -0.1) is 0 Å². The molecule has 5 heteroatoms. The summed E-state index contributed by atoms with van der Waals surface area (Å²) >= 11 is 0. The van der Waals surface area contributed by atoms with E-state index in [1.54, 1.807) is 0 Å². The molecule has 0 saturated carbocycles. The number of nitrogens with zero attached hydrogens (tertiary/aromatic N) is 1. The van der Waals surface area contributed by atoms with E-state index in [1.807, 2.05) is 26.0 Å². The predicted octanol–water partition coefficient (Wildman–Crippen LogP) is 3.34. The Balaban J connectivity index is 1.86. The summed E-state index contributed by atoms with van der Waals surface area (Å²) in [4.78, 5) is 2.47. The number of hydrogen-bond donors (Lipinski definition) is 1. The minimum atomic E-state index is -2.77. The van der Waals surface area contributed by atoms with Crippen LogP contribution in [0.15, 0.2) is 12.1 Å². The molecular weight excluding hydrogens is 286 g/mol. The van der Waals surface area contributed by atoms with Crippen LogP contribution >= 0.6 is 0 Å². The van der Waals surface area contributed by atoms with Gasteiger partial charge in [-0.05, 0) is 62.5 Å². The lowest BCUT2D eigenvalue weighted by atomic mass is 10.0. The summed E-state index contributed by atoms with van der Waals surface area (Å²) < 4.78 is 29.3. The van der Waals surface area contributed by atoms with Gasteiger partial charge in [-0.3, -0.25) is 0 Å². The summed E-state index contributed by atoms with van der Waals surface area (Å²) in [6.45, 7) is 8.30. The molecule has 1 aromatic carbocycles. The molecule has 1 aliphatic rings. The predicted molar refractivity (Wildman–Crippen MR) is 84.5 cm³/mol. The Hall–Kier alpha value is -1.20. The van der Waals surface area contributed by atoms with Crippen molar-refractivity contribution in [2.75, 3.05) is 26.2 Å². The number of benzene rings is 1. The number of halogens is 2. The smallest absolute Gasteiger partial charge is 0.387 e. The van der Waals surface area contributed by atoms with Gasteiger partial charge in [-0.2, -0.15) is 8.78 Å². The van der Waals surface area contributed by atoms with Crippen molar-refractivity contribution in [2.45, 2.75) is 40.3 Å². The van der Waals surface area contributed by atoms with Crippen LogP contribution in [-0.2, 0) is 6.54 Å². The van der Waals surface area contributed by atoms with Gasteiger partial charge < -0.3 is 15.0 Å². The molecule has 22 heavy (non-hydrogen) atoms. The number of aryl methyl sites for hydroxylation is 2. The Bertz CT molecular complexity index is 471. The largest absolute Gasteiger partial charge is 0.434 e. The molecule has 1 aliphatic heterocycles. The fourth-order valence-electron chi connectivity index (χ4n) is 3.20. The molecular formula is C17H26F2N2O. The van der Waals surface area contributed by atoms with Gasteiger partial charge in [0.1, 0.15) is 5.75 Å². The maximum absolute atomic E-state index is 12.4. The SMILES string of the molecule is CCN1CCC(CNCc2cc(C)c(OC(F)F)c(C)c2)C1. The van der Waals surface area contributed by atoms with Gasteiger partial charge in [0, 0.05) is 13.1 Å². The van der Waals surface area contributed by atoms with Crippen molar-refractivity contribution < 1.29 is 13.5 Å². The third-order valence-electron chi connectivity index (χ3n) is 4.31. The first-order valence-electron chi connectivity index (χ1n) is 7.97. The van der Waals surface area contributed by atoms with Crippen LogP contribution in [0.3, 0.4) is 0 Å². The highest BCUT2D eigenvalue weighted by molar-refractivity contribution is 5.43. The zero-order valence-electron chi connectivity index (χ0n) is 13.7. The highest BCUT2D eigenvalue weighted by Gasteiger charge is 2.20. The second-order valence-electron chi connectivity index (χ2n) is 6.12. The number of hydrogen-bond acceptors (Lipinski definition) is 3. The van der Waals surface area contributed by atoms with Gasteiger partial charge in [-0.1, -0.05) is 19.1 Å². The molecule has 124 valence electrons. The molecule has 2 rings (SSSR count). The quantitative estimate of drug-likeness (QED) is 0.836. The Morgan fingerprint density at radius 2 is 2.00 bits per heavy atom. The van der Waals surface area contributed by atoms with Crippen LogP contribution in [0.2, 0.25) is 0 Å². The fraction of sp³-hybridized carbons (Fsp3) is 0.647. The average Bonchev–Trinajstić information content (AvgIpc) is 2.91. The van der Waals surface area contributed by atoms with Crippen molar-refractivity contribution in [1.29, 1.82) is 0 Å². The molecule has 0 amide bonds. The lowest BCUT2D eigenvalue weighted by Gasteiger charge is -2.15.